The summed E-state index contributed by atoms with van der Waals surface area (Å²) in [5.41, 5.74) is 0.746. The molecule has 3 amide bonds. The van der Waals surface area contributed by atoms with E-state index < -0.39 is 17.1 Å². The number of piperidine rings is 1. The number of hydrogen-bond acceptors (Lipinski definition) is 7. The van der Waals surface area contributed by atoms with Crippen molar-refractivity contribution in [3.05, 3.63) is 61.9 Å². The van der Waals surface area contributed by atoms with Crippen molar-refractivity contribution >= 4 is 68.4 Å². The number of halogens is 2. The van der Waals surface area contributed by atoms with Crippen molar-refractivity contribution in [2.24, 2.45) is 0 Å². The van der Waals surface area contributed by atoms with Gasteiger partial charge in [-0.25, -0.2) is 4.79 Å². The first-order chi connectivity index (χ1) is 17.8. The molecule has 2 aromatic rings. The molecule has 8 nitrogen and oxygen atoms in total. The van der Waals surface area contributed by atoms with Crippen molar-refractivity contribution in [2.75, 3.05) is 26.2 Å². The average Bonchev–Trinajstić information content (AvgIpc) is 3.14. The van der Waals surface area contributed by atoms with Gasteiger partial charge in [0.2, 0.25) is 5.91 Å². The molecule has 2 heterocycles. The van der Waals surface area contributed by atoms with Crippen LogP contribution in [0, 0.1) is 0 Å². The maximum atomic E-state index is 13.0. The molecule has 11 heteroatoms. The monoisotopic (exact) mass is 606 g/mol. The van der Waals surface area contributed by atoms with E-state index >= 15 is 0 Å². The Bertz CT molecular complexity index is 1280. The van der Waals surface area contributed by atoms with Crippen molar-refractivity contribution in [1.82, 2.24) is 9.80 Å². The zero-order chi connectivity index (χ0) is 26.5. The quantitative estimate of drug-likeness (QED) is 0.224. The molecule has 2 aromatic carbocycles. The molecular formula is C26H24BrClN2O6S. The van der Waals surface area contributed by atoms with Gasteiger partial charge < -0.3 is 14.4 Å². The highest BCUT2D eigenvalue weighted by Crippen LogP contribution is 2.40. The SMILES string of the molecule is CCOc1cc(/C=C2\SC(=O)N(CC(=O)N3CCCCC3)C2=O)cc(Br)c1OC(=O)c1ccccc1Cl. The first-order valence-electron chi connectivity index (χ1n) is 11.7. The summed E-state index contributed by atoms with van der Waals surface area (Å²) in [6, 6.07) is 9.78. The van der Waals surface area contributed by atoms with E-state index in [1.54, 1.807) is 54.3 Å². The number of carbonyl (C=O) groups is 4. The van der Waals surface area contributed by atoms with Gasteiger partial charge in [-0.05, 0) is 89.8 Å². The van der Waals surface area contributed by atoms with Crippen LogP contribution >= 0.6 is 39.3 Å². The number of rotatable bonds is 7. The zero-order valence-electron chi connectivity index (χ0n) is 20.0. The number of thioether (sulfide) groups is 1. The van der Waals surface area contributed by atoms with Crippen LogP contribution in [-0.2, 0) is 9.59 Å². The van der Waals surface area contributed by atoms with Crippen LogP contribution in [0.15, 0.2) is 45.8 Å². The fourth-order valence-electron chi connectivity index (χ4n) is 3.97. The Morgan fingerprint density at radius 1 is 1.14 bits per heavy atom. The topological polar surface area (TPSA) is 93.2 Å². The average molecular weight is 608 g/mol. The predicted octanol–water partition coefficient (Wildman–Crippen LogP) is 5.77. The molecule has 0 saturated carbocycles. The molecule has 2 aliphatic heterocycles. The third-order valence-electron chi connectivity index (χ3n) is 5.79. The molecule has 0 spiro atoms. The molecule has 0 radical (unpaired) electrons. The molecule has 0 N–H and O–H groups in total. The number of nitrogens with zero attached hydrogens (tertiary/aromatic N) is 2. The van der Waals surface area contributed by atoms with Gasteiger partial charge >= 0.3 is 5.97 Å². The molecule has 194 valence electrons. The van der Waals surface area contributed by atoms with Crippen LogP contribution in [0.2, 0.25) is 5.02 Å². The summed E-state index contributed by atoms with van der Waals surface area (Å²) in [5, 5.41) is -0.233. The van der Waals surface area contributed by atoms with Crippen LogP contribution in [-0.4, -0.2) is 59.1 Å². The van der Waals surface area contributed by atoms with Gasteiger partial charge in [-0.1, -0.05) is 23.7 Å². The fourth-order valence-corrected chi connectivity index (χ4v) is 5.57. The molecule has 0 aromatic heterocycles. The summed E-state index contributed by atoms with van der Waals surface area (Å²) in [4.78, 5) is 53.7. The maximum absolute atomic E-state index is 13.0. The smallest absolute Gasteiger partial charge is 0.345 e. The minimum Gasteiger partial charge on any atom is -0.490 e. The van der Waals surface area contributed by atoms with Crippen LogP contribution < -0.4 is 9.47 Å². The molecule has 0 bridgehead atoms. The van der Waals surface area contributed by atoms with Gasteiger partial charge in [-0.3, -0.25) is 19.3 Å². The summed E-state index contributed by atoms with van der Waals surface area (Å²) in [7, 11) is 0. The van der Waals surface area contributed by atoms with Gasteiger partial charge in [0.25, 0.3) is 11.1 Å². The van der Waals surface area contributed by atoms with Crippen molar-refractivity contribution in [3.63, 3.8) is 0 Å². The van der Waals surface area contributed by atoms with Gasteiger partial charge in [0.05, 0.1) is 26.6 Å². The Hall–Kier alpha value is -2.82. The first-order valence-corrected chi connectivity index (χ1v) is 13.7. The van der Waals surface area contributed by atoms with Gasteiger partial charge in [-0.15, -0.1) is 0 Å². The summed E-state index contributed by atoms with van der Waals surface area (Å²) >= 11 is 10.3. The van der Waals surface area contributed by atoms with E-state index in [1.165, 1.54) is 0 Å². The van der Waals surface area contributed by atoms with Crippen LogP contribution in [0.3, 0.4) is 0 Å². The van der Waals surface area contributed by atoms with Crippen LogP contribution in [0.4, 0.5) is 4.79 Å². The normalized spacial score (nSPS) is 16.9. The van der Waals surface area contributed by atoms with Crippen molar-refractivity contribution < 1.29 is 28.7 Å². The highest BCUT2D eigenvalue weighted by Gasteiger charge is 2.37. The number of imide groups is 1. The Labute approximate surface area is 232 Å². The lowest BCUT2D eigenvalue weighted by molar-refractivity contribution is -0.136. The Morgan fingerprint density at radius 2 is 1.86 bits per heavy atom. The fraction of sp³-hybridized carbons (Fsp3) is 0.308. The standard InChI is InChI=1S/C26H24BrClN2O6S/c1-2-35-20-13-16(12-18(27)23(20)36-25(33)17-8-4-5-9-19(17)28)14-21-24(32)30(26(34)37-21)15-22(31)29-10-6-3-7-11-29/h4-5,8-9,12-14H,2-3,6-7,10-11,15H2,1H3/b21-14-. The van der Waals surface area contributed by atoms with E-state index in [0.717, 1.165) is 35.9 Å². The van der Waals surface area contributed by atoms with Crippen LogP contribution in [0.1, 0.15) is 42.1 Å². The molecule has 2 saturated heterocycles. The van der Waals surface area contributed by atoms with E-state index in [2.05, 4.69) is 15.9 Å². The van der Waals surface area contributed by atoms with E-state index in [4.69, 9.17) is 21.1 Å². The molecule has 0 aliphatic carbocycles. The Morgan fingerprint density at radius 3 is 2.57 bits per heavy atom. The van der Waals surface area contributed by atoms with E-state index in [1.807, 2.05) is 0 Å². The number of esters is 1. The van der Waals surface area contributed by atoms with Gasteiger partial charge in [0.1, 0.15) is 6.54 Å². The van der Waals surface area contributed by atoms with Gasteiger partial charge in [-0.2, -0.15) is 0 Å². The molecule has 0 atom stereocenters. The van der Waals surface area contributed by atoms with Gasteiger partial charge in [0.15, 0.2) is 11.5 Å². The summed E-state index contributed by atoms with van der Waals surface area (Å²) in [6.07, 6.45) is 4.47. The zero-order valence-corrected chi connectivity index (χ0v) is 23.2. The predicted molar refractivity (Wildman–Crippen MR) is 145 cm³/mol. The van der Waals surface area contributed by atoms with Crippen molar-refractivity contribution in [2.45, 2.75) is 26.2 Å². The molecular weight excluding hydrogens is 584 g/mol. The molecule has 0 unspecified atom stereocenters. The molecule has 2 fully saturated rings. The minimum absolute atomic E-state index is 0.157. The molecule has 4 rings (SSSR count). The number of likely N-dealkylation sites (tertiary alicyclic amines) is 1. The van der Waals surface area contributed by atoms with Crippen molar-refractivity contribution in [1.29, 1.82) is 0 Å². The number of amides is 3. The lowest BCUT2D eigenvalue weighted by atomic mass is 10.1. The number of ether oxygens (including phenoxy) is 2. The molecule has 2 aliphatic rings. The summed E-state index contributed by atoms with van der Waals surface area (Å²) < 4.78 is 11.7. The van der Waals surface area contributed by atoms with Gasteiger partial charge in [0, 0.05) is 13.1 Å². The minimum atomic E-state index is -0.653. The number of benzene rings is 2. The highest BCUT2D eigenvalue weighted by molar-refractivity contribution is 9.10. The van der Waals surface area contributed by atoms with E-state index in [-0.39, 0.29) is 39.4 Å². The largest absolute Gasteiger partial charge is 0.490 e. The Balaban J connectivity index is 1.54. The van der Waals surface area contributed by atoms with Crippen LogP contribution in [0.5, 0.6) is 11.5 Å². The second-order valence-electron chi connectivity index (χ2n) is 8.34. The molecule has 37 heavy (non-hydrogen) atoms. The summed E-state index contributed by atoms with van der Waals surface area (Å²) in [5.74, 6) is -0.982. The maximum Gasteiger partial charge on any atom is 0.345 e. The Kier molecular flexibility index (Phi) is 8.94. The number of carbonyl (C=O) groups excluding carboxylic acids is 4. The van der Waals surface area contributed by atoms with Crippen molar-refractivity contribution in [3.8, 4) is 11.5 Å². The lowest BCUT2D eigenvalue weighted by Gasteiger charge is -2.27. The first kappa shape index (κ1) is 27.2. The van der Waals surface area contributed by atoms with E-state index in [9.17, 15) is 19.2 Å². The van der Waals surface area contributed by atoms with E-state index in [0.29, 0.717) is 29.7 Å². The lowest BCUT2D eigenvalue weighted by Crippen LogP contribution is -2.44. The number of hydrogen-bond donors (Lipinski definition) is 0. The third-order valence-corrected chi connectivity index (χ3v) is 7.62. The van der Waals surface area contributed by atoms with Crippen LogP contribution in [0.25, 0.3) is 6.08 Å². The third kappa shape index (κ3) is 6.37. The summed E-state index contributed by atoms with van der Waals surface area (Å²) in [6.45, 7) is 3.10. The second kappa shape index (κ2) is 12.1. The highest BCUT2D eigenvalue weighted by atomic mass is 79.9. The second-order valence-corrected chi connectivity index (χ2v) is 10.6.